The third-order valence-electron chi connectivity index (χ3n) is 5.74. The third-order valence-corrected chi connectivity index (χ3v) is 7.71. The van der Waals surface area contributed by atoms with E-state index < -0.39 is 5.54 Å². The van der Waals surface area contributed by atoms with Crippen molar-refractivity contribution < 1.29 is 9.53 Å². The number of thiazole rings is 1. The molecule has 3 atom stereocenters. The van der Waals surface area contributed by atoms with Crippen LogP contribution >= 0.6 is 23.1 Å². The predicted octanol–water partition coefficient (Wildman–Crippen LogP) is 2.95. The molecule has 4 rings (SSSR count). The molecule has 1 aromatic rings. The number of hydrogen-bond donors (Lipinski definition) is 2. The van der Waals surface area contributed by atoms with Gasteiger partial charge in [-0.05, 0) is 26.2 Å². The monoisotopic (exact) mass is 380 g/mol. The molecule has 0 bridgehead atoms. The van der Waals surface area contributed by atoms with Gasteiger partial charge in [0.2, 0.25) is 5.91 Å². The maximum atomic E-state index is 12.5. The lowest BCUT2D eigenvalue weighted by Gasteiger charge is -2.44. The van der Waals surface area contributed by atoms with E-state index in [4.69, 9.17) is 20.4 Å². The lowest BCUT2D eigenvalue weighted by Crippen LogP contribution is -2.49. The minimum atomic E-state index is -0.504. The van der Waals surface area contributed by atoms with E-state index in [1.54, 1.807) is 11.8 Å². The maximum Gasteiger partial charge on any atom is 0.231 e. The van der Waals surface area contributed by atoms with Gasteiger partial charge < -0.3 is 15.8 Å². The zero-order chi connectivity index (χ0) is 17.7. The minimum absolute atomic E-state index is 0.0698. The average Bonchev–Trinajstić information content (AvgIpc) is 3.02. The number of aromatic nitrogens is 1. The van der Waals surface area contributed by atoms with Crippen molar-refractivity contribution in [2.75, 3.05) is 17.7 Å². The Bertz CT molecular complexity index is 715. The molecule has 1 unspecified atom stereocenters. The first-order chi connectivity index (χ1) is 11.9. The molecule has 8 heteroatoms. The SMILES string of the molecule is C[C@H]1C[C@H]2CSC(N)=NC2(c2nc(NC(=O)C3(C)CCC3)cs2)CO1. The van der Waals surface area contributed by atoms with Gasteiger partial charge in [-0.15, -0.1) is 11.3 Å². The van der Waals surface area contributed by atoms with Crippen LogP contribution in [0.25, 0.3) is 0 Å². The summed E-state index contributed by atoms with van der Waals surface area (Å²) in [5, 5.41) is 6.39. The summed E-state index contributed by atoms with van der Waals surface area (Å²) < 4.78 is 5.93. The molecule has 0 spiro atoms. The number of amidine groups is 1. The van der Waals surface area contributed by atoms with Crippen LogP contribution in [0, 0.1) is 11.3 Å². The molecular formula is C17H24N4O2S2. The summed E-state index contributed by atoms with van der Waals surface area (Å²) in [6.45, 7) is 4.62. The van der Waals surface area contributed by atoms with Crippen molar-refractivity contribution in [3.05, 3.63) is 10.4 Å². The summed E-state index contributed by atoms with van der Waals surface area (Å²) in [4.78, 5) is 21.9. The summed E-state index contributed by atoms with van der Waals surface area (Å²) in [6.07, 6.45) is 4.20. The number of amides is 1. The van der Waals surface area contributed by atoms with Crippen molar-refractivity contribution in [3.8, 4) is 0 Å². The highest BCUT2D eigenvalue weighted by molar-refractivity contribution is 8.13. The molecule has 0 radical (unpaired) electrons. The number of nitrogens with one attached hydrogen (secondary N) is 1. The Morgan fingerprint density at radius 3 is 3.00 bits per heavy atom. The highest BCUT2D eigenvalue weighted by Crippen LogP contribution is 2.47. The number of carbonyl (C=O) groups excluding carboxylic acids is 1. The second-order valence-corrected chi connectivity index (χ2v) is 9.54. The van der Waals surface area contributed by atoms with Crippen molar-refractivity contribution in [3.63, 3.8) is 0 Å². The molecule has 25 heavy (non-hydrogen) atoms. The summed E-state index contributed by atoms with van der Waals surface area (Å²) in [5.41, 5.74) is 5.29. The van der Waals surface area contributed by atoms with E-state index in [2.05, 4.69) is 12.2 Å². The molecule has 6 nitrogen and oxygen atoms in total. The number of anilines is 1. The molecular weight excluding hydrogens is 356 g/mol. The number of nitrogens with zero attached hydrogens (tertiary/aromatic N) is 2. The van der Waals surface area contributed by atoms with Crippen LogP contribution in [0.3, 0.4) is 0 Å². The van der Waals surface area contributed by atoms with Crippen molar-refractivity contribution in [2.24, 2.45) is 22.1 Å². The van der Waals surface area contributed by atoms with Crippen LogP contribution in [-0.4, -0.2) is 34.5 Å². The predicted molar refractivity (Wildman–Crippen MR) is 102 cm³/mol. The Hall–Kier alpha value is -1.12. The normalized spacial score (nSPS) is 33.8. The molecule has 1 amide bonds. The van der Waals surface area contributed by atoms with E-state index in [1.807, 2.05) is 12.3 Å². The first-order valence-corrected chi connectivity index (χ1v) is 10.6. The smallest absolute Gasteiger partial charge is 0.231 e. The summed E-state index contributed by atoms with van der Waals surface area (Å²) in [7, 11) is 0. The van der Waals surface area contributed by atoms with Crippen LogP contribution in [-0.2, 0) is 15.1 Å². The fourth-order valence-electron chi connectivity index (χ4n) is 3.81. The van der Waals surface area contributed by atoms with Crippen LogP contribution in [0.5, 0.6) is 0 Å². The number of rotatable bonds is 3. The van der Waals surface area contributed by atoms with Crippen LogP contribution in [0.15, 0.2) is 10.4 Å². The minimum Gasteiger partial charge on any atom is -0.379 e. The number of carbonyl (C=O) groups is 1. The number of fused-ring (bicyclic) bond motifs is 1. The van der Waals surface area contributed by atoms with Crippen LogP contribution < -0.4 is 11.1 Å². The van der Waals surface area contributed by atoms with Crippen LogP contribution in [0.2, 0.25) is 0 Å². The van der Waals surface area contributed by atoms with Gasteiger partial charge >= 0.3 is 0 Å². The Morgan fingerprint density at radius 1 is 1.48 bits per heavy atom. The van der Waals surface area contributed by atoms with Gasteiger partial charge in [0.25, 0.3) is 0 Å². The van der Waals surface area contributed by atoms with E-state index in [9.17, 15) is 4.79 Å². The zero-order valence-corrected chi connectivity index (χ0v) is 16.2. The largest absolute Gasteiger partial charge is 0.379 e. The van der Waals surface area contributed by atoms with Crippen molar-refractivity contribution >= 4 is 40.0 Å². The molecule has 1 saturated heterocycles. The lowest BCUT2D eigenvalue weighted by molar-refractivity contribution is -0.128. The highest BCUT2D eigenvalue weighted by atomic mass is 32.2. The Kier molecular flexibility index (Phi) is 4.32. The standard InChI is InChI=1S/C17H24N4O2S2/c1-10-6-11-7-25-15(18)21-17(11,9-23-10)14-20-12(8-24-14)19-13(22)16(2)4-3-5-16/h8,10-11H,3-7,9H2,1-2H3,(H2,18,21)(H,19,22)/t10-,11-,17?/m0/s1. The van der Waals surface area contributed by atoms with E-state index in [1.165, 1.54) is 11.3 Å². The van der Waals surface area contributed by atoms with Gasteiger partial charge in [-0.1, -0.05) is 25.1 Å². The van der Waals surface area contributed by atoms with Crippen LogP contribution in [0.4, 0.5) is 5.82 Å². The molecule has 3 N–H and O–H groups in total. The van der Waals surface area contributed by atoms with Gasteiger partial charge in [0.05, 0.1) is 12.7 Å². The number of hydrogen-bond acceptors (Lipinski definition) is 7. The summed E-state index contributed by atoms with van der Waals surface area (Å²) in [6, 6.07) is 0. The van der Waals surface area contributed by atoms with Gasteiger partial charge in [-0.25, -0.2) is 9.98 Å². The Balaban J connectivity index is 1.59. The molecule has 1 aliphatic carbocycles. The molecule has 3 aliphatic rings. The van der Waals surface area contributed by atoms with Gasteiger partial charge in [-0.3, -0.25) is 4.79 Å². The third kappa shape index (κ3) is 2.98. The molecule has 3 heterocycles. The van der Waals surface area contributed by atoms with Gasteiger partial charge in [0.15, 0.2) is 5.17 Å². The average molecular weight is 381 g/mol. The fraction of sp³-hybridized carbons (Fsp3) is 0.706. The van der Waals surface area contributed by atoms with E-state index in [0.717, 1.165) is 36.4 Å². The van der Waals surface area contributed by atoms with Crippen molar-refractivity contribution in [1.82, 2.24) is 4.98 Å². The maximum absolute atomic E-state index is 12.5. The Labute approximate surface area is 156 Å². The quantitative estimate of drug-likeness (QED) is 0.841. The Morgan fingerprint density at radius 2 is 2.28 bits per heavy atom. The number of thioether (sulfide) groups is 1. The van der Waals surface area contributed by atoms with Gasteiger partial charge in [0, 0.05) is 22.5 Å². The second kappa shape index (κ2) is 6.25. The zero-order valence-electron chi connectivity index (χ0n) is 14.6. The van der Waals surface area contributed by atoms with Crippen LogP contribution in [0.1, 0.15) is 44.5 Å². The molecule has 1 saturated carbocycles. The number of aliphatic imine (C=N–C) groups is 1. The highest BCUT2D eigenvalue weighted by Gasteiger charge is 2.49. The van der Waals surface area contributed by atoms with E-state index in [0.29, 0.717) is 23.5 Å². The molecule has 2 aliphatic heterocycles. The summed E-state index contributed by atoms with van der Waals surface area (Å²) in [5.74, 6) is 1.98. The number of ether oxygens (including phenoxy) is 1. The second-order valence-electron chi connectivity index (χ2n) is 7.65. The molecule has 2 fully saturated rings. The van der Waals surface area contributed by atoms with Crippen molar-refractivity contribution in [2.45, 2.75) is 51.2 Å². The number of nitrogens with two attached hydrogens (primary N) is 1. The lowest BCUT2D eigenvalue weighted by atomic mass is 9.70. The van der Waals surface area contributed by atoms with Gasteiger partial charge in [0.1, 0.15) is 16.4 Å². The van der Waals surface area contributed by atoms with E-state index >= 15 is 0 Å². The fourth-order valence-corrected chi connectivity index (χ4v) is 5.78. The van der Waals surface area contributed by atoms with Gasteiger partial charge in [-0.2, -0.15) is 0 Å². The topological polar surface area (TPSA) is 89.6 Å². The van der Waals surface area contributed by atoms with Crippen molar-refractivity contribution in [1.29, 1.82) is 0 Å². The first-order valence-electron chi connectivity index (χ1n) is 8.78. The first kappa shape index (κ1) is 17.3. The molecule has 0 aromatic carbocycles. The molecule has 136 valence electrons. The molecule has 1 aromatic heterocycles. The summed E-state index contributed by atoms with van der Waals surface area (Å²) >= 11 is 3.15. The van der Waals surface area contributed by atoms with E-state index in [-0.39, 0.29) is 17.4 Å².